The summed E-state index contributed by atoms with van der Waals surface area (Å²) in [4.78, 5) is 23.4. The maximum absolute atomic E-state index is 12.3. The van der Waals surface area contributed by atoms with E-state index in [-0.39, 0.29) is 19.7 Å². The van der Waals surface area contributed by atoms with E-state index >= 15 is 0 Å². The third-order valence-electron chi connectivity index (χ3n) is 2.83. The first kappa shape index (κ1) is 15.3. The topological polar surface area (TPSA) is 66.8 Å². The molecule has 108 valence electrons. The number of carbonyl (C=O) groups is 2. The number of rotatable bonds is 4. The van der Waals surface area contributed by atoms with E-state index in [1.54, 1.807) is 0 Å². The summed E-state index contributed by atoms with van der Waals surface area (Å²) in [6.07, 6.45) is -5.19. The van der Waals surface area contributed by atoms with Crippen molar-refractivity contribution in [3.05, 3.63) is 12.7 Å². The Morgan fingerprint density at radius 1 is 1.42 bits per heavy atom. The van der Waals surface area contributed by atoms with Crippen LogP contribution in [0.15, 0.2) is 12.7 Å². The highest BCUT2D eigenvalue weighted by Crippen LogP contribution is 2.34. The van der Waals surface area contributed by atoms with E-state index in [1.165, 1.54) is 6.08 Å². The number of nitrogens with zero attached hydrogens (tertiary/aromatic N) is 1. The van der Waals surface area contributed by atoms with Crippen molar-refractivity contribution < 1.29 is 32.6 Å². The zero-order valence-corrected chi connectivity index (χ0v) is 10.0. The number of carboxylic acid groups (broad SMARTS) is 1. The Kier molecular flexibility index (Phi) is 4.79. The molecule has 5 nitrogen and oxygen atoms in total. The lowest BCUT2D eigenvalue weighted by Crippen LogP contribution is -2.30. The Labute approximate surface area is 107 Å². The first-order chi connectivity index (χ1) is 8.74. The number of carbonyl (C=O) groups excluding carboxylic acids is 1. The zero-order valence-electron chi connectivity index (χ0n) is 10.0. The van der Waals surface area contributed by atoms with Gasteiger partial charge in [-0.25, -0.2) is 4.79 Å². The van der Waals surface area contributed by atoms with Crippen LogP contribution in [0.5, 0.6) is 0 Å². The minimum absolute atomic E-state index is 0.0724. The Bertz CT molecular complexity index is 369. The van der Waals surface area contributed by atoms with Gasteiger partial charge in [0, 0.05) is 25.4 Å². The van der Waals surface area contributed by atoms with Gasteiger partial charge in [0.2, 0.25) is 0 Å². The molecule has 0 radical (unpaired) electrons. The molecule has 1 amide bonds. The lowest BCUT2D eigenvalue weighted by atomic mass is 9.93. The van der Waals surface area contributed by atoms with Crippen LogP contribution in [0.2, 0.25) is 0 Å². The summed E-state index contributed by atoms with van der Waals surface area (Å²) in [7, 11) is 0. The molecule has 1 rings (SSSR count). The van der Waals surface area contributed by atoms with E-state index in [2.05, 4.69) is 11.3 Å². The molecule has 0 bridgehead atoms. The van der Waals surface area contributed by atoms with Gasteiger partial charge in [0.15, 0.2) is 0 Å². The van der Waals surface area contributed by atoms with Crippen LogP contribution in [0, 0.1) is 11.8 Å². The van der Waals surface area contributed by atoms with Crippen LogP contribution in [0.4, 0.5) is 18.0 Å². The summed E-state index contributed by atoms with van der Waals surface area (Å²) in [6, 6.07) is 0. The Hall–Kier alpha value is -1.73. The van der Waals surface area contributed by atoms with E-state index in [9.17, 15) is 22.8 Å². The summed E-state index contributed by atoms with van der Waals surface area (Å²) in [5.41, 5.74) is 0. The molecule has 0 saturated carbocycles. The summed E-state index contributed by atoms with van der Waals surface area (Å²) in [5.74, 6) is -3.71. The molecule has 1 fully saturated rings. The molecule has 0 aromatic carbocycles. The average molecular weight is 281 g/mol. The molecular weight excluding hydrogens is 267 g/mol. The molecule has 0 spiro atoms. The smallest absolute Gasteiger partial charge is 0.410 e. The summed E-state index contributed by atoms with van der Waals surface area (Å²) in [5, 5.41) is 8.89. The first-order valence-electron chi connectivity index (χ1n) is 5.56. The molecule has 0 aromatic rings. The van der Waals surface area contributed by atoms with E-state index in [0.717, 1.165) is 4.90 Å². The van der Waals surface area contributed by atoms with Crippen LogP contribution in [-0.2, 0) is 9.53 Å². The van der Waals surface area contributed by atoms with Crippen LogP contribution in [0.1, 0.15) is 6.42 Å². The fourth-order valence-corrected chi connectivity index (χ4v) is 2.03. The Morgan fingerprint density at radius 2 is 2.05 bits per heavy atom. The van der Waals surface area contributed by atoms with E-state index in [0.29, 0.717) is 0 Å². The fourth-order valence-electron chi connectivity index (χ4n) is 2.03. The second-order valence-electron chi connectivity index (χ2n) is 4.29. The van der Waals surface area contributed by atoms with Crippen molar-refractivity contribution in [1.82, 2.24) is 4.90 Å². The van der Waals surface area contributed by atoms with E-state index < -0.39 is 36.5 Å². The van der Waals surface area contributed by atoms with E-state index in [4.69, 9.17) is 5.11 Å². The number of halogens is 3. The highest BCUT2D eigenvalue weighted by atomic mass is 19.4. The predicted molar refractivity (Wildman–Crippen MR) is 58.4 cm³/mol. The molecule has 8 heteroatoms. The van der Waals surface area contributed by atoms with Crippen molar-refractivity contribution in [2.45, 2.75) is 12.6 Å². The van der Waals surface area contributed by atoms with Crippen LogP contribution in [0.3, 0.4) is 0 Å². The molecular formula is C11H14F3NO4. The number of amides is 1. The number of ether oxygens (including phenoxy) is 1. The monoisotopic (exact) mass is 281 g/mol. The van der Waals surface area contributed by atoms with Crippen LogP contribution in [-0.4, -0.2) is 47.9 Å². The van der Waals surface area contributed by atoms with Gasteiger partial charge in [0.05, 0.1) is 5.92 Å². The van der Waals surface area contributed by atoms with Crippen molar-refractivity contribution in [2.75, 3.05) is 19.7 Å². The lowest BCUT2D eigenvalue weighted by Gasteiger charge is -2.16. The fraction of sp³-hybridized carbons (Fsp3) is 0.636. The van der Waals surface area contributed by atoms with Crippen LogP contribution in [0.25, 0.3) is 0 Å². The standard InChI is InChI=1S/C11H14F3NO4/c1-2-3-19-10(18)15-5-7(4-11(12,13)14)8(6-15)9(16)17/h2,7-8H,1,3-6H2,(H,16,17)/t7-,8-/m1/s1. The number of likely N-dealkylation sites (tertiary alicyclic amines) is 1. The van der Waals surface area contributed by atoms with Gasteiger partial charge in [-0.3, -0.25) is 4.79 Å². The van der Waals surface area contributed by atoms with Crippen molar-refractivity contribution in [1.29, 1.82) is 0 Å². The van der Waals surface area contributed by atoms with Gasteiger partial charge >= 0.3 is 18.2 Å². The highest BCUT2D eigenvalue weighted by Gasteiger charge is 2.45. The van der Waals surface area contributed by atoms with Crippen LogP contribution >= 0.6 is 0 Å². The molecule has 1 N–H and O–H groups in total. The van der Waals surface area contributed by atoms with Crippen molar-refractivity contribution in [2.24, 2.45) is 11.8 Å². The Morgan fingerprint density at radius 3 is 2.53 bits per heavy atom. The van der Waals surface area contributed by atoms with Gasteiger partial charge in [-0.15, -0.1) is 0 Å². The summed E-state index contributed by atoms with van der Waals surface area (Å²) in [6.45, 7) is 2.71. The molecule has 2 atom stereocenters. The van der Waals surface area contributed by atoms with Crippen molar-refractivity contribution in [3.8, 4) is 0 Å². The predicted octanol–water partition coefficient (Wildman–Crippen LogP) is 1.89. The molecule has 1 saturated heterocycles. The largest absolute Gasteiger partial charge is 0.481 e. The number of carboxylic acids is 1. The lowest BCUT2D eigenvalue weighted by molar-refractivity contribution is -0.154. The normalized spacial score (nSPS) is 23.2. The molecule has 1 heterocycles. The minimum Gasteiger partial charge on any atom is -0.481 e. The third kappa shape index (κ3) is 4.46. The quantitative estimate of drug-likeness (QED) is 0.799. The SMILES string of the molecule is C=CCOC(=O)N1C[C@@H](CC(F)(F)F)[C@H](C(=O)O)C1. The molecule has 0 unspecified atom stereocenters. The number of hydrogen-bond acceptors (Lipinski definition) is 3. The average Bonchev–Trinajstić information content (AvgIpc) is 2.67. The number of aliphatic carboxylic acids is 1. The highest BCUT2D eigenvalue weighted by molar-refractivity contribution is 5.74. The number of alkyl halides is 3. The van der Waals surface area contributed by atoms with Gasteiger partial charge < -0.3 is 14.7 Å². The Balaban J connectivity index is 2.69. The van der Waals surface area contributed by atoms with Gasteiger partial charge in [0.1, 0.15) is 6.61 Å². The molecule has 19 heavy (non-hydrogen) atoms. The second kappa shape index (κ2) is 5.94. The molecule has 0 aromatic heterocycles. The molecule has 1 aliphatic heterocycles. The third-order valence-corrected chi connectivity index (χ3v) is 2.83. The molecule has 1 aliphatic rings. The number of hydrogen-bond donors (Lipinski definition) is 1. The van der Waals surface area contributed by atoms with Gasteiger partial charge in [0.25, 0.3) is 0 Å². The summed E-state index contributed by atoms with van der Waals surface area (Å²) >= 11 is 0. The van der Waals surface area contributed by atoms with E-state index in [1.807, 2.05) is 0 Å². The maximum atomic E-state index is 12.3. The van der Waals surface area contributed by atoms with Gasteiger partial charge in [-0.2, -0.15) is 13.2 Å². The van der Waals surface area contributed by atoms with Crippen molar-refractivity contribution in [3.63, 3.8) is 0 Å². The van der Waals surface area contributed by atoms with Crippen LogP contribution < -0.4 is 0 Å². The van der Waals surface area contributed by atoms with Gasteiger partial charge in [-0.1, -0.05) is 12.7 Å². The zero-order chi connectivity index (χ0) is 14.6. The minimum atomic E-state index is -4.46. The molecule has 0 aliphatic carbocycles. The first-order valence-corrected chi connectivity index (χ1v) is 5.56. The maximum Gasteiger partial charge on any atom is 0.410 e. The second-order valence-corrected chi connectivity index (χ2v) is 4.29. The van der Waals surface area contributed by atoms with Crippen molar-refractivity contribution >= 4 is 12.1 Å². The van der Waals surface area contributed by atoms with Gasteiger partial charge in [-0.05, 0) is 0 Å². The summed E-state index contributed by atoms with van der Waals surface area (Å²) < 4.78 is 41.7.